The molecule has 0 fully saturated rings. The highest BCUT2D eigenvalue weighted by molar-refractivity contribution is 7.71. The minimum atomic E-state index is 0.706. The van der Waals surface area contributed by atoms with Gasteiger partial charge in [-0.25, -0.2) is 0 Å². The Labute approximate surface area is 133 Å². The molecule has 3 aromatic rings. The van der Waals surface area contributed by atoms with Crippen molar-refractivity contribution in [3.8, 4) is 5.69 Å². The molecule has 0 atom stereocenters. The van der Waals surface area contributed by atoms with Crippen molar-refractivity contribution < 1.29 is 0 Å². The molecule has 1 heterocycles. The smallest absolute Gasteiger partial charge is 0.182 e. The van der Waals surface area contributed by atoms with Crippen molar-refractivity contribution in [1.29, 1.82) is 0 Å². The quantitative estimate of drug-likeness (QED) is 0.611. The van der Waals surface area contributed by atoms with E-state index < -0.39 is 0 Å². The van der Waals surface area contributed by atoms with Gasteiger partial charge < -0.3 is 4.98 Å². The molecule has 1 aliphatic rings. The number of benzene rings is 2. The summed E-state index contributed by atoms with van der Waals surface area (Å²) in [5.74, 6) is 0. The van der Waals surface area contributed by atoms with Crippen molar-refractivity contribution in [2.24, 2.45) is 0 Å². The van der Waals surface area contributed by atoms with E-state index in [4.69, 9.17) is 23.8 Å². The van der Waals surface area contributed by atoms with Crippen LogP contribution in [0.4, 0.5) is 0 Å². The molecule has 2 aromatic carbocycles. The largest absolute Gasteiger partial charge is 0.330 e. The van der Waals surface area contributed by atoms with Crippen molar-refractivity contribution in [1.82, 2.24) is 9.55 Å². The number of halogens is 1. The third kappa shape index (κ3) is 2.03. The Morgan fingerprint density at radius 2 is 1.86 bits per heavy atom. The topological polar surface area (TPSA) is 20.7 Å². The van der Waals surface area contributed by atoms with Crippen LogP contribution in [0.25, 0.3) is 16.7 Å². The fourth-order valence-electron chi connectivity index (χ4n) is 3.32. The predicted molar refractivity (Wildman–Crippen MR) is 90.1 cm³/mol. The Morgan fingerprint density at radius 1 is 1.05 bits per heavy atom. The van der Waals surface area contributed by atoms with E-state index >= 15 is 0 Å². The SMILES string of the molecule is S=c1[nH]c2cccc(Cl)c2n1-c1cccc2c1CCCC2. The number of imidazole rings is 1. The Morgan fingerprint density at radius 3 is 2.76 bits per heavy atom. The van der Waals surface area contributed by atoms with Crippen molar-refractivity contribution in [3.63, 3.8) is 0 Å². The first-order chi connectivity index (χ1) is 10.3. The summed E-state index contributed by atoms with van der Waals surface area (Å²) in [5.41, 5.74) is 6.00. The second-order valence-electron chi connectivity index (χ2n) is 5.52. The van der Waals surface area contributed by atoms with Gasteiger partial charge in [0.2, 0.25) is 0 Å². The van der Waals surface area contributed by atoms with Gasteiger partial charge in [-0.05, 0) is 67.2 Å². The van der Waals surface area contributed by atoms with Crippen molar-refractivity contribution in [2.75, 3.05) is 0 Å². The van der Waals surface area contributed by atoms with Gasteiger partial charge in [0.25, 0.3) is 0 Å². The minimum absolute atomic E-state index is 0.706. The van der Waals surface area contributed by atoms with Crippen LogP contribution in [0.3, 0.4) is 0 Å². The zero-order chi connectivity index (χ0) is 14.4. The lowest BCUT2D eigenvalue weighted by molar-refractivity contribution is 0.681. The number of rotatable bonds is 1. The molecule has 1 N–H and O–H groups in total. The molecule has 0 unspecified atom stereocenters. The maximum absolute atomic E-state index is 6.42. The van der Waals surface area contributed by atoms with Crippen LogP contribution in [0, 0.1) is 4.77 Å². The number of fused-ring (bicyclic) bond motifs is 2. The number of nitrogens with zero attached hydrogens (tertiary/aromatic N) is 1. The first-order valence-electron chi connectivity index (χ1n) is 7.26. The third-order valence-electron chi connectivity index (χ3n) is 4.27. The number of para-hydroxylation sites is 1. The van der Waals surface area contributed by atoms with Crippen LogP contribution in [0.1, 0.15) is 24.0 Å². The van der Waals surface area contributed by atoms with E-state index in [1.807, 2.05) is 18.2 Å². The maximum atomic E-state index is 6.42. The molecule has 4 heteroatoms. The van der Waals surface area contributed by atoms with Crippen molar-refractivity contribution >= 4 is 34.9 Å². The number of aryl methyl sites for hydroxylation is 1. The van der Waals surface area contributed by atoms with Crippen LogP contribution in [0.15, 0.2) is 36.4 Å². The summed E-state index contributed by atoms with van der Waals surface area (Å²) >= 11 is 12.0. The summed E-state index contributed by atoms with van der Waals surface area (Å²) in [6.45, 7) is 0. The second-order valence-corrected chi connectivity index (χ2v) is 6.32. The Balaban J connectivity index is 2.08. The summed E-state index contributed by atoms with van der Waals surface area (Å²) in [7, 11) is 0. The van der Waals surface area contributed by atoms with E-state index in [2.05, 4.69) is 27.8 Å². The van der Waals surface area contributed by atoms with Gasteiger partial charge in [0, 0.05) is 0 Å². The van der Waals surface area contributed by atoms with Crippen LogP contribution < -0.4 is 0 Å². The number of aromatic amines is 1. The first-order valence-corrected chi connectivity index (χ1v) is 8.05. The van der Waals surface area contributed by atoms with E-state index in [9.17, 15) is 0 Å². The zero-order valence-corrected chi connectivity index (χ0v) is 13.1. The van der Waals surface area contributed by atoms with Gasteiger partial charge in [0.15, 0.2) is 4.77 Å². The fraction of sp³-hybridized carbons (Fsp3) is 0.235. The standard InChI is InChI=1S/C17H15ClN2S/c18-13-8-4-9-14-16(13)20(17(21)19-14)15-10-3-6-11-5-1-2-7-12(11)15/h3-4,6,8-10H,1-2,5,7H2,(H,19,21). The van der Waals surface area contributed by atoms with Crippen molar-refractivity contribution in [2.45, 2.75) is 25.7 Å². The third-order valence-corrected chi connectivity index (χ3v) is 4.86. The van der Waals surface area contributed by atoms with E-state index in [0.29, 0.717) is 4.77 Å². The van der Waals surface area contributed by atoms with Crippen LogP contribution in [0.2, 0.25) is 5.02 Å². The van der Waals surface area contributed by atoms with E-state index in [1.165, 1.54) is 29.7 Å². The van der Waals surface area contributed by atoms with Gasteiger partial charge in [0.05, 0.1) is 21.7 Å². The molecule has 0 radical (unpaired) electrons. The van der Waals surface area contributed by atoms with E-state index in [1.54, 1.807) is 0 Å². The summed E-state index contributed by atoms with van der Waals surface area (Å²) in [5, 5.41) is 0.730. The molecule has 0 amide bonds. The van der Waals surface area contributed by atoms with E-state index in [0.717, 1.165) is 28.9 Å². The van der Waals surface area contributed by atoms with Gasteiger partial charge in [-0.2, -0.15) is 0 Å². The Bertz CT molecular complexity index is 891. The summed E-state index contributed by atoms with van der Waals surface area (Å²) < 4.78 is 2.80. The van der Waals surface area contributed by atoms with Crippen LogP contribution in [-0.2, 0) is 12.8 Å². The van der Waals surface area contributed by atoms with Crippen LogP contribution in [0.5, 0.6) is 0 Å². The van der Waals surface area contributed by atoms with E-state index in [-0.39, 0.29) is 0 Å². The lowest BCUT2D eigenvalue weighted by Crippen LogP contribution is -2.08. The highest BCUT2D eigenvalue weighted by Crippen LogP contribution is 2.31. The highest BCUT2D eigenvalue weighted by Gasteiger charge is 2.17. The molecule has 0 saturated carbocycles. The average Bonchev–Trinajstić information content (AvgIpc) is 2.84. The van der Waals surface area contributed by atoms with Gasteiger partial charge in [-0.15, -0.1) is 0 Å². The Kier molecular flexibility index (Phi) is 3.12. The highest BCUT2D eigenvalue weighted by atomic mass is 35.5. The van der Waals surface area contributed by atoms with Gasteiger partial charge in [0.1, 0.15) is 0 Å². The van der Waals surface area contributed by atoms with Gasteiger partial charge in [-0.3, -0.25) is 4.57 Å². The van der Waals surface area contributed by atoms with Gasteiger partial charge >= 0.3 is 0 Å². The Hall–Kier alpha value is -1.58. The molecule has 0 aliphatic heterocycles. The predicted octanol–water partition coefficient (Wildman–Crippen LogP) is 5.22. The molecule has 4 rings (SSSR count). The van der Waals surface area contributed by atoms with Gasteiger partial charge in [-0.1, -0.05) is 29.8 Å². The zero-order valence-electron chi connectivity index (χ0n) is 11.5. The number of nitrogens with one attached hydrogen (secondary N) is 1. The lowest BCUT2D eigenvalue weighted by atomic mass is 9.90. The van der Waals surface area contributed by atoms with Crippen LogP contribution in [-0.4, -0.2) is 9.55 Å². The lowest BCUT2D eigenvalue weighted by Gasteiger charge is -2.20. The fourth-order valence-corrected chi connectivity index (χ4v) is 3.88. The molecular formula is C17H15ClN2S. The summed E-state index contributed by atoms with van der Waals surface area (Å²) in [4.78, 5) is 3.27. The molecule has 0 bridgehead atoms. The molecule has 2 nitrogen and oxygen atoms in total. The molecule has 1 aliphatic carbocycles. The number of hydrogen-bond donors (Lipinski definition) is 1. The van der Waals surface area contributed by atoms with Crippen molar-refractivity contribution in [3.05, 3.63) is 57.3 Å². The molecular weight excluding hydrogens is 300 g/mol. The second kappa shape index (κ2) is 5.00. The minimum Gasteiger partial charge on any atom is -0.330 e. The molecule has 0 spiro atoms. The molecule has 106 valence electrons. The average molecular weight is 315 g/mol. The number of H-pyrrole nitrogens is 1. The maximum Gasteiger partial charge on any atom is 0.182 e. The molecule has 0 saturated heterocycles. The summed E-state index contributed by atoms with van der Waals surface area (Å²) in [6, 6.07) is 12.4. The first kappa shape index (κ1) is 13.1. The molecule has 21 heavy (non-hydrogen) atoms. The monoisotopic (exact) mass is 314 g/mol. The number of aromatic nitrogens is 2. The number of hydrogen-bond acceptors (Lipinski definition) is 1. The van der Waals surface area contributed by atoms with Crippen LogP contribution >= 0.6 is 23.8 Å². The normalized spacial score (nSPS) is 14.3. The summed E-state index contributed by atoms with van der Waals surface area (Å²) in [6.07, 6.45) is 4.79. The molecule has 1 aromatic heterocycles.